The van der Waals surface area contributed by atoms with Gasteiger partial charge in [0.05, 0.1) is 44.8 Å². The lowest BCUT2D eigenvalue weighted by Gasteiger charge is -2.08. The first-order valence-corrected chi connectivity index (χ1v) is 13.8. The molecule has 3 aromatic carbocycles. The second kappa shape index (κ2) is 13.6. The standard InChI is InChI=1S/C16H15BN4O.C15H14BN5O/c1-18-16(22)20-12-3-2-4-13(8-12)21-10-19-14-7-11(9-17)5-6-15(14)21;1-17-15(22)20-12-4-2-3-11(6-12)13-9-18-14-5-10(7-16)8-19-21(13)14/h2-8,10H,9H2,1H3,(H2,18,20,22);2-6,8-9H,7H2,1H3,(H2,17,20,22). The van der Waals surface area contributed by atoms with E-state index in [9.17, 15) is 9.59 Å². The molecular weight excluding hydrogens is 552 g/mol. The van der Waals surface area contributed by atoms with E-state index < -0.39 is 0 Å². The Balaban J connectivity index is 0.000000175. The molecule has 216 valence electrons. The van der Waals surface area contributed by atoms with Gasteiger partial charge in [-0.25, -0.2) is 24.1 Å². The number of benzene rings is 3. The van der Waals surface area contributed by atoms with Gasteiger partial charge in [0.1, 0.15) is 6.33 Å². The molecule has 0 aliphatic carbocycles. The van der Waals surface area contributed by atoms with Crippen LogP contribution in [0.15, 0.2) is 91.5 Å². The number of nitrogens with one attached hydrogen (secondary N) is 4. The average molecular weight is 581 g/mol. The highest BCUT2D eigenvalue weighted by atomic mass is 16.2. The predicted molar refractivity (Wildman–Crippen MR) is 175 cm³/mol. The Morgan fingerprint density at radius 1 is 0.773 bits per heavy atom. The third-order valence-corrected chi connectivity index (χ3v) is 6.75. The molecule has 11 nitrogen and oxygen atoms in total. The van der Waals surface area contributed by atoms with Crippen molar-refractivity contribution in [2.45, 2.75) is 12.6 Å². The molecule has 0 fully saturated rings. The van der Waals surface area contributed by atoms with Crippen LogP contribution in [-0.2, 0) is 12.6 Å². The number of hydrogen-bond donors (Lipinski definition) is 4. The molecule has 0 saturated carbocycles. The van der Waals surface area contributed by atoms with E-state index in [0.717, 1.165) is 50.4 Å². The third-order valence-electron chi connectivity index (χ3n) is 6.75. The first kappa shape index (κ1) is 29.9. The Bertz CT molecular complexity index is 1800. The summed E-state index contributed by atoms with van der Waals surface area (Å²) in [6, 6.07) is 22.5. The lowest BCUT2D eigenvalue weighted by molar-refractivity contribution is 0.253. The van der Waals surface area contributed by atoms with Crippen LogP contribution in [0.3, 0.4) is 0 Å². The van der Waals surface area contributed by atoms with Crippen LogP contribution in [0.2, 0.25) is 0 Å². The summed E-state index contributed by atoms with van der Waals surface area (Å²) in [5.41, 5.74) is 8.71. The number of fused-ring (bicyclic) bond motifs is 2. The zero-order chi connectivity index (χ0) is 31.1. The molecule has 3 heterocycles. The fourth-order valence-corrected chi connectivity index (χ4v) is 4.49. The van der Waals surface area contributed by atoms with Gasteiger partial charge in [-0.3, -0.25) is 4.57 Å². The van der Waals surface area contributed by atoms with Gasteiger partial charge in [-0.1, -0.05) is 42.5 Å². The lowest BCUT2D eigenvalue weighted by Crippen LogP contribution is -2.24. The molecule has 0 atom stereocenters. The number of nitrogens with zero attached hydrogens (tertiary/aromatic N) is 5. The van der Waals surface area contributed by atoms with E-state index in [0.29, 0.717) is 18.3 Å². The van der Waals surface area contributed by atoms with Gasteiger partial charge in [0.15, 0.2) is 5.65 Å². The van der Waals surface area contributed by atoms with Crippen LogP contribution in [0.4, 0.5) is 21.0 Å². The number of aromatic nitrogens is 5. The van der Waals surface area contributed by atoms with Gasteiger partial charge in [0.2, 0.25) is 0 Å². The maximum Gasteiger partial charge on any atom is 0.318 e. The molecule has 0 spiro atoms. The highest BCUT2D eigenvalue weighted by Crippen LogP contribution is 2.24. The second-order valence-corrected chi connectivity index (χ2v) is 9.66. The van der Waals surface area contributed by atoms with E-state index in [1.165, 1.54) is 0 Å². The third kappa shape index (κ3) is 6.73. The molecule has 0 bridgehead atoms. The van der Waals surface area contributed by atoms with Crippen molar-refractivity contribution in [2.75, 3.05) is 24.7 Å². The van der Waals surface area contributed by atoms with Crippen LogP contribution in [0.1, 0.15) is 11.1 Å². The summed E-state index contributed by atoms with van der Waals surface area (Å²) in [5.74, 6) is 0. The van der Waals surface area contributed by atoms with Gasteiger partial charge in [0.25, 0.3) is 0 Å². The smallest absolute Gasteiger partial charge is 0.318 e. The van der Waals surface area contributed by atoms with Crippen LogP contribution in [0.25, 0.3) is 33.6 Å². The second-order valence-electron chi connectivity index (χ2n) is 9.66. The van der Waals surface area contributed by atoms with Gasteiger partial charge in [-0.15, -0.1) is 0 Å². The molecule has 44 heavy (non-hydrogen) atoms. The summed E-state index contributed by atoms with van der Waals surface area (Å²) in [4.78, 5) is 31.6. The molecule has 0 aliphatic rings. The van der Waals surface area contributed by atoms with E-state index in [1.807, 2.05) is 77.4 Å². The first-order chi connectivity index (χ1) is 21.4. The van der Waals surface area contributed by atoms with E-state index >= 15 is 0 Å². The summed E-state index contributed by atoms with van der Waals surface area (Å²) in [7, 11) is 14.4. The van der Waals surface area contributed by atoms with Crippen molar-refractivity contribution in [1.29, 1.82) is 0 Å². The zero-order valence-electron chi connectivity index (χ0n) is 24.3. The zero-order valence-corrected chi connectivity index (χ0v) is 24.3. The number of imidazole rings is 2. The fraction of sp³-hybridized carbons (Fsp3) is 0.129. The highest BCUT2D eigenvalue weighted by molar-refractivity contribution is 6.08. The molecule has 6 aromatic rings. The number of carbonyl (C=O) groups is 2. The van der Waals surface area contributed by atoms with Crippen LogP contribution in [0.5, 0.6) is 0 Å². The molecule has 0 aliphatic heterocycles. The SMILES string of the molecule is [B]Cc1ccc2c(c1)ncn2-c1cccc(NC(=O)NC)c1.[B]Cc1cnn2c(-c3cccc(NC(=O)NC)c3)cnc2c1. The maximum atomic E-state index is 11.4. The van der Waals surface area contributed by atoms with Crippen LogP contribution in [-0.4, -0.2) is 66.0 Å². The van der Waals surface area contributed by atoms with Gasteiger partial charge < -0.3 is 21.3 Å². The largest absolute Gasteiger partial charge is 0.341 e. The van der Waals surface area contributed by atoms with Crippen LogP contribution >= 0.6 is 0 Å². The topological polar surface area (TPSA) is 130 Å². The molecular formula is C31H29B2N9O2. The monoisotopic (exact) mass is 581 g/mol. The number of urea groups is 2. The van der Waals surface area contributed by atoms with E-state index in [-0.39, 0.29) is 12.1 Å². The number of carbonyl (C=O) groups excluding carboxylic acids is 2. The minimum absolute atomic E-state index is 0.250. The van der Waals surface area contributed by atoms with Crippen molar-refractivity contribution in [2.24, 2.45) is 0 Å². The summed E-state index contributed by atoms with van der Waals surface area (Å²) >= 11 is 0. The Labute approximate surface area is 256 Å². The molecule has 4 amide bonds. The Hall–Kier alpha value is -5.58. The maximum absolute atomic E-state index is 11.4. The minimum Gasteiger partial charge on any atom is -0.341 e. The first-order valence-electron chi connectivity index (χ1n) is 13.8. The fourth-order valence-electron chi connectivity index (χ4n) is 4.49. The Morgan fingerprint density at radius 3 is 2.18 bits per heavy atom. The van der Waals surface area contributed by atoms with Crippen LogP contribution in [0, 0.1) is 0 Å². The number of hydrogen-bond acceptors (Lipinski definition) is 5. The molecule has 4 N–H and O–H groups in total. The van der Waals surface area contributed by atoms with Gasteiger partial charge in [-0.05, 0) is 54.1 Å². The summed E-state index contributed by atoms with van der Waals surface area (Å²) < 4.78 is 3.73. The summed E-state index contributed by atoms with van der Waals surface area (Å²) in [6.07, 6.45) is 6.17. The average Bonchev–Trinajstić information content (AvgIpc) is 3.69. The van der Waals surface area contributed by atoms with Crippen molar-refractivity contribution in [3.8, 4) is 16.9 Å². The van der Waals surface area contributed by atoms with E-state index in [2.05, 4.69) is 36.3 Å². The highest BCUT2D eigenvalue weighted by Gasteiger charge is 2.10. The number of anilines is 2. The molecule has 13 heteroatoms. The van der Waals surface area contributed by atoms with Crippen molar-refractivity contribution in [1.82, 2.24) is 34.8 Å². The van der Waals surface area contributed by atoms with Gasteiger partial charge >= 0.3 is 12.1 Å². The molecule has 0 unspecified atom stereocenters. The minimum atomic E-state index is -0.263. The predicted octanol–water partition coefficient (Wildman–Crippen LogP) is 4.26. The number of rotatable bonds is 6. The Morgan fingerprint density at radius 2 is 1.48 bits per heavy atom. The van der Waals surface area contributed by atoms with Gasteiger partial charge in [-0.2, -0.15) is 5.10 Å². The molecule has 4 radical (unpaired) electrons. The summed E-state index contributed by atoms with van der Waals surface area (Å²) in [5, 5.41) is 14.9. The van der Waals surface area contributed by atoms with Crippen molar-refractivity contribution in [3.05, 3.63) is 103 Å². The molecule has 0 saturated heterocycles. The normalized spacial score (nSPS) is 10.6. The molecule has 3 aromatic heterocycles. The van der Waals surface area contributed by atoms with Crippen molar-refractivity contribution < 1.29 is 9.59 Å². The van der Waals surface area contributed by atoms with E-state index in [4.69, 9.17) is 15.7 Å². The number of amides is 4. The Kier molecular flexibility index (Phi) is 9.24. The van der Waals surface area contributed by atoms with Gasteiger partial charge in [0, 0.05) is 36.7 Å². The summed E-state index contributed by atoms with van der Waals surface area (Å²) in [6.45, 7) is 0. The van der Waals surface area contributed by atoms with Crippen molar-refractivity contribution >= 4 is 55.8 Å². The van der Waals surface area contributed by atoms with Crippen molar-refractivity contribution in [3.63, 3.8) is 0 Å². The quantitative estimate of drug-likeness (QED) is 0.219. The molecule has 6 rings (SSSR count). The van der Waals surface area contributed by atoms with Crippen LogP contribution < -0.4 is 21.3 Å². The lowest BCUT2D eigenvalue weighted by atomic mass is 9.97. The van der Waals surface area contributed by atoms with E-state index in [1.54, 1.807) is 37.3 Å².